The molecule has 0 aliphatic carbocycles. The van der Waals surface area contributed by atoms with Crippen LogP contribution in [0.15, 0.2) is 59.8 Å². The fraction of sp³-hybridized carbons (Fsp3) is 0.364. The highest BCUT2D eigenvalue weighted by Crippen LogP contribution is 2.29. The smallest absolute Gasteiger partial charge is 0.410 e. The fourth-order valence-electron chi connectivity index (χ4n) is 3.62. The Hall–Kier alpha value is -3.07. The molecule has 1 aromatic carbocycles. The van der Waals surface area contributed by atoms with Crippen LogP contribution in [0.1, 0.15) is 20.8 Å². The van der Waals surface area contributed by atoms with E-state index in [-0.39, 0.29) is 11.0 Å². The van der Waals surface area contributed by atoms with Gasteiger partial charge in [0, 0.05) is 44.0 Å². The zero-order chi connectivity index (χ0) is 22.2. The highest BCUT2D eigenvalue weighted by Gasteiger charge is 2.28. The minimum atomic E-state index is -3.71. The molecule has 0 radical (unpaired) electrons. The number of nitrogens with zero attached hydrogens (tertiary/aromatic N) is 4. The Kier molecular flexibility index (Phi) is 5.38. The summed E-state index contributed by atoms with van der Waals surface area (Å²) in [4.78, 5) is 20.8. The van der Waals surface area contributed by atoms with Crippen LogP contribution in [0.25, 0.3) is 10.9 Å². The molecule has 3 heterocycles. The topological polar surface area (TPSA) is 84.7 Å². The molecule has 0 unspecified atom stereocenters. The maximum atomic E-state index is 13.1. The van der Waals surface area contributed by atoms with Crippen LogP contribution in [0, 0.1) is 0 Å². The van der Waals surface area contributed by atoms with Gasteiger partial charge in [0.1, 0.15) is 11.4 Å². The fourth-order valence-corrected chi connectivity index (χ4v) is 4.99. The second-order valence-corrected chi connectivity index (χ2v) is 10.3. The van der Waals surface area contributed by atoms with Crippen molar-refractivity contribution in [3.05, 3.63) is 54.9 Å². The molecule has 1 aliphatic heterocycles. The van der Waals surface area contributed by atoms with E-state index in [2.05, 4.69) is 9.88 Å². The molecule has 0 spiro atoms. The number of fused-ring (bicyclic) bond motifs is 1. The van der Waals surface area contributed by atoms with Crippen LogP contribution in [0.5, 0.6) is 0 Å². The van der Waals surface area contributed by atoms with E-state index >= 15 is 0 Å². The van der Waals surface area contributed by atoms with E-state index in [9.17, 15) is 13.2 Å². The summed E-state index contributed by atoms with van der Waals surface area (Å²) in [6.07, 6.45) is 2.86. The van der Waals surface area contributed by atoms with Gasteiger partial charge in [-0.2, -0.15) is 0 Å². The Morgan fingerprint density at radius 3 is 2.32 bits per heavy atom. The van der Waals surface area contributed by atoms with Gasteiger partial charge in [0.2, 0.25) is 0 Å². The summed E-state index contributed by atoms with van der Waals surface area (Å²) in [6, 6.07) is 11.8. The van der Waals surface area contributed by atoms with Crippen LogP contribution < -0.4 is 4.90 Å². The molecule has 1 amide bonds. The highest BCUT2D eigenvalue weighted by atomic mass is 32.2. The number of pyridine rings is 1. The number of anilines is 1. The van der Waals surface area contributed by atoms with Crippen molar-refractivity contribution < 1.29 is 17.9 Å². The molecule has 0 saturated carbocycles. The lowest BCUT2D eigenvalue weighted by molar-refractivity contribution is 0.0240. The Morgan fingerprint density at radius 1 is 1.00 bits per heavy atom. The monoisotopic (exact) mass is 442 g/mol. The summed E-state index contributed by atoms with van der Waals surface area (Å²) in [5, 5.41) is 0.757. The quantitative estimate of drug-likeness (QED) is 0.619. The van der Waals surface area contributed by atoms with Crippen LogP contribution in [0.4, 0.5) is 10.6 Å². The molecule has 31 heavy (non-hydrogen) atoms. The molecule has 0 N–H and O–H groups in total. The summed E-state index contributed by atoms with van der Waals surface area (Å²) in [7, 11) is -3.71. The number of ether oxygens (including phenoxy) is 1. The number of aromatic nitrogens is 2. The van der Waals surface area contributed by atoms with Crippen molar-refractivity contribution in [2.45, 2.75) is 31.3 Å². The SMILES string of the molecule is CC(C)(C)OC(=O)N1CCN(c2nccc3c2ccn3S(=O)(=O)c2ccccc2)CC1. The first-order valence-electron chi connectivity index (χ1n) is 10.2. The average Bonchev–Trinajstić information content (AvgIpc) is 3.18. The summed E-state index contributed by atoms with van der Waals surface area (Å²) in [5.41, 5.74) is 0.0394. The van der Waals surface area contributed by atoms with E-state index in [1.807, 2.05) is 20.8 Å². The standard InChI is InChI=1S/C22H26N4O4S/c1-22(2,3)30-21(27)25-15-13-24(14-16-25)20-18-10-12-26(19(18)9-11-23-20)31(28,29)17-7-5-4-6-8-17/h4-12H,13-16H2,1-3H3. The molecule has 8 nitrogen and oxygen atoms in total. The minimum absolute atomic E-state index is 0.233. The number of carbonyl (C=O) groups is 1. The van der Waals surface area contributed by atoms with E-state index in [0.717, 1.165) is 5.39 Å². The van der Waals surface area contributed by atoms with Gasteiger partial charge in [0.05, 0.1) is 10.4 Å². The van der Waals surface area contributed by atoms with Gasteiger partial charge in [0.25, 0.3) is 10.0 Å². The molecule has 2 aromatic heterocycles. The maximum Gasteiger partial charge on any atom is 0.410 e. The second-order valence-electron chi connectivity index (χ2n) is 8.45. The number of amides is 1. The summed E-state index contributed by atoms with van der Waals surface area (Å²) in [6.45, 7) is 7.73. The first-order valence-corrected chi connectivity index (χ1v) is 11.6. The van der Waals surface area contributed by atoms with Crippen LogP contribution >= 0.6 is 0 Å². The number of benzene rings is 1. The molecule has 0 bridgehead atoms. The normalized spacial score (nSPS) is 15.3. The van der Waals surface area contributed by atoms with Gasteiger partial charge in [-0.05, 0) is 45.0 Å². The number of rotatable bonds is 3. The molecular formula is C22H26N4O4S. The van der Waals surface area contributed by atoms with E-state index in [1.165, 1.54) is 3.97 Å². The number of hydrogen-bond acceptors (Lipinski definition) is 6. The lowest BCUT2D eigenvalue weighted by atomic mass is 10.2. The van der Waals surface area contributed by atoms with Gasteiger partial charge >= 0.3 is 6.09 Å². The Bertz CT molecular complexity index is 1190. The van der Waals surface area contributed by atoms with Crippen molar-refractivity contribution in [3.8, 4) is 0 Å². The summed E-state index contributed by atoms with van der Waals surface area (Å²) >= 11 is 0. The molecule has 3 aromatic rings. The maximum absolute atomic E-state index is 13.1. The highest BCUT2D eigenvalue weighted by molar-refractivity contribution is 7.90. The summed E-state index contributed by atoms with van der Waals surface area (Å²) < 4.78 is 32.9. The first-order chi connectivity index (χ1) is 14.7. The predicted octanol–water partition coefficient (Wildman–Crippen LogP) is 3.33. The number of carbonyl (C=O) groups excluding carboxylic acids is 1. The van der Waals surface area contributed by atoms with Crippen LogP contribution in [0.3, 0.4) is 0 Å². The van der Waals surface area contributed by atoms with Crippen LogP contribution in [-0.2, 0) is 14.8 Å². The lowest BCUT2D eigenvalue weighted by Gasteiger charge is -2.36. The second kappa shape index (κ2) is 7.88. The van der Waals surface area contributed by atoms with Crippen molar-refractivity contribution in [1.29, 1.82) is 0 Å². The van der Waals surface area contributed by atoms with Crippen LogP contribution in [0.2, 0.25) is 0 Å². The van der Waals surface area contributed by atoms with Crippen molar-refractivity contribution >= 4 is 32.8 Å². The van der Waals surface area contributed by atoms with E-state index < -0.39 is 15.6 Å². The molecule has 1 aliphatic rings. The molecule has 4 rings (SSSR count). The minimum Gasteiger partial charge on any atom is -0.444 e. The molecule has 1 saturated heterocycles. The Labute approximate surface area is 182 Å². The molecule has 0 atom stereocenters. The van der Waals surface area contributed by atoms with E-state index in [0.29, 0.717) is 37.5 Å². The summed E-state index contributed by atoms with van der Waals surface area (Å²) in [5.74, 6) is 0.711. The van der Waals surface area contributed by atoms with Crippen molar-refractivity contribution in [2.24, 2.45) is 0 Å². The van der Waals surface area contributed by atoms with Gasteiger partial charge in [-0.1, -0.05) is 18.2 Å². The largest absolute Gasteiger partial charge is 0.444 e. The number of hydrogen-bond donors (Lipinski definition) is 0. The predicted molar refractivity (Wildman–Crippen MR) is 119 cm³/mol. The molecule has 1 fully saturated rings. The number of piperazine rings is 1. The lowest BCUT2D eigenvalue weighted by Crippen LogP contribution is -2.50. The third kappa shape index (κ3) is 4.23. The van der Waals surface area contributed by atoms with E-state index in [4.69, 9.17) is 4.74 Å². The van der Waals surface area contributed by atoms with Gasteiger partial charge in [-0.3, -0.25) is 0 Å². The van der Waals surface area contributed by atoms with Crippen molar-refractivity contribution in [3.63, 3.8) is 0 Å². The third-order valence-corrected chi connectivity index (χ3v) is 6.80. The Balaban J connectivity index is 1.58. The molecular weight excluding hydrogens is 416 g/mol. The molecule has 164 valence electrons. The third-order valence-electron chi connectivity index (χ3n) is 5.09. The van der Waals surface area contributed by atoms with Gasteiger partial charge in [-0.25, -0.2) is 22.2 Å². The Morgan fingerprint density at radius 2 is 1.68 bits per heavy atom. The van der Waals surface area contributed by atoms with Gasteiger partial charge < -0.3 is 14.5 Å². The zero-order valence-corrected chi connectivity index (χ0v) is 18.7. The first kappa shape index (κ1) is 21.2. The average molecular weight is 443 g/mol. The van der Waals surface area contributed by atoms with Crippen molar-refractivity contribution in [1.82, 2.24) is 13.9 Å². The van der Waals surface area contributed by atoms with Crippen LogP contribution in [-0.4, -0.2) is 60.1 Å². The molecule has 9 heteroatoms. The zero-order valence-electron chi connectivity index (χ0n) is 17.9. The van der Waals surface area contributed by atoms with Crippen molar-refractivity contribution in [2.75, 3.05) is 31.1 Å². The van der Waals surface area contributed by atoms with Gasteiger partial charge in [0.15, 0.2) is 0 Å². The van der Waals surface area contributed by atoms with E-state index in [1.54, 1.807) is 59.8 Å². The van der Waals surface area contributed by atoms with Gasteiger partial charge in [-0.15, -0.1) is 0 Å².